The summed E-state index contributed by atoms with van der Waals surface area (Å²) >= 11 is 2.86. The van der Waals surface area contributed by atoms with Gasteiger partial charge in [0.15, 0.2) is 5.13 Å². The van der Waals surface area contributed by atoms with E-state index in [1.165, 1.54) is 11.3 Å². The summed E-state index contributed by atoms with van der Waals surface area (Å²) in [7, 11) is 5.50. The van der Waals surface area contributed by atoms with Crippen LogP contribution in [0.2, 0.25) is 0 Å². The summed E-state index contributed by atoms with van der Waals surface area (Å²) in [5.41, 5.74) is 8.58. The Kier molecular flexibility index (Phi) is 4.24. The van der Waals surface area contributed by atoms with Crippen LogP contribution in [0.1, 0.15) is 20.2 Å². The highest BCUT2D eigenvalue weighted by molar-refractivity contribution is 7.18. The minimum Gasteiger partial charge on any atom is -0.382 e. The van der Waals surface area contributed by atoms with Gasteiger partial charge in [-0.1, -0.05) is 11.3 Å². The lowest BCUT2D eigenvalue weighted by Crippen LogP contribution is -2.26. The Morgan fingerprint density at radius 2 is 2.10 bits per heavy atom. The second-order valence-electron chi connectivity index (χ2n) is 4.63. The summed E-state index contributed by atoms with van der Waals surface area (Å²) in [4.78, 5) is 25.8. The molecule has 0 bridgehead atoms. The van der Waals surface area contributed by atoms with Gasteiger partial charge in [-0.2, -0.15) is 0 Å². The van der Waals surface area contributed by atoms with E-state index in [1.807, 2.05) is 25.9 Å². The highest BCUT2D eigenvalue weighted by atomic mass is 32.1. The van der Waals surface area contributed by atoms with Crippen LogP contribution in [0.15, 0.2) is 5.51 Å². The standard InChI is InChI=1S/C12H17N5OS2/c1-7-8(19-6-14-7)5-17(4)11(18)9-10(13)15-12(20-9)16(2)3/h6H,5,13H2,1-4H3. The van der Waals surface area contributed by atoms with Crippen molar-refractivity contribution in [2.45, 2.75) is 13.5 Å². The number of amides is 1. The smallest absolute Gasteiger partial charge is 0.267 e. The number of hydrogen-bond acceptors (Lipinski definition) is 7. The summed E-state index contributed by atoms with van der Waals surface area (Å²) in [6, 6.07) is 0. The Bertz CT molecular complexity index is 619. The van der Waals surface area contributed by atoms with Crippen molar-refractivity contribution in [2.24, 2.45) is 0 Å². The van der Waals surface area contributed by atoms with Gasteiger partial charge in [0.2, 0.25) is 0 Å². The highest BCUT2D eigenvalue weighted by Crippen LogP contribution is 2.28. The van der Waals surface area contributed by atoms with E-state index in [-0.39, 0.29) is 11.7 Å². The van der Waals surface area contributed by atoms with E-state index in [1.54, 1.807) is 28.8 Å². The molecule has 0 atom stereocenters. The minimum atomic E-state index is -0.110. The molecule has 2 aromatic rings. The third kappa shape index (κ3) is 2.91. The Morgan fingerprint density at radius 3 is 2.60 bits per heavy atom. The zero-order chi connectivity index (χ0) is 14.9. The van der Waals surface area contributed by atoms with Gasteiger partial charge in [-0.15, -0.1) is 11.3 Å². The molecule has 0 fully saturated rings. The minimum absolute atomic E-state index is 0.110. The molecule has 0 saturated carbocycles. The maximum Gasteiger partial charge on any atom is 0.267 e. The summed E-state index contributed by atoms with van der Waals surface area (Å²) in [6.07, 6.45) is 0. The molecule has 0 spiro atoms. The first-order chi connectivity index (χ1) is 9.40. The zero-order valence-electron chi connectivity index (χ0n) is 11.9. The van der Waals surface area contributed by atoms with Gasteiger partial charge in [-0.25, -0.2) is 9.97 Å². The van der Waals surface area contributed by atoms with Crippen molar-refractivity contribution < 1.29 is 4.79 Å². The van der Waals surface area contributed by atoms with Crippen LogP contribution in [0.5, 0.6) is 0 Å². The van der Waals surface area contributed by atoms with Crippen LogP contribution < -0.4 is 10.6 Å². The van der Waals surface area contributed by atoms with Gasteiger partial charge >= 0.3 is 0 Å². The first-order valence-electron chi connectivity index (χ1n) is 5.98. The molecule has 108 valence electrons. The summed E-state index contributed by atoms with van der Waals surface area (Å²) in [5, 5.41) is 0.730. The van der Waals surface area contributed by atoms with Gasteiger partial charge in [-0.3, -0.25) is 4.79 Å². The fourth-order valence-electron chi connectivity index (χ4n) is 1.60. The van der Waals surface area contributed by atoms with Crippen LogP contribution in [0.4, 0.5) is 10.9 Å². The normalized spacial score (nSPS) is 10.6. The van der Waals surface area contributed by atoms with Crippen molar-refractivity contribution in [3.8, 4) is 0 Å². The summed E-state index contributed by atoms with van der Waals surface area (Å²) in [6.45, 7) is 2.47. The Labute approximate surface area is 125 Å². The lowest BCUT2D eigenvalue weighted by molar-refractivity contribution is 0.0792. The molecular weight excluding hydrogens is 294 g/mol. The third-order valence-corrected chi connectivity index (χ3v) is 4.94. The number of hydrogen-bond donors (Lipinski definition) is 1. The van der Waals surface area contributed by atoms with E-state index in [4.69, 9.17) is 5.73 Å². The monoisotopic (exact) mass is 311 g/mol. The lowest BCUT2D eigenvalue weighted by Gasteiger charge is -2.15. The Morgan fingerprint density at radius 1 is 1.40 bits per heavy atom. The van der Waals surface area contributed by atoms with Crippen molar-refractivity contribution >= 4 is 39.5 Å². The number of rotatable bonds is 4. The Balaban J connectivity index is 2.16. The van der Waals surface area contributed by atoms with E-state index < -0.39 is 0 Å². The molecule has 1 amide bonds. The number of anilines is 2. The van der Waals surface area contributed by atoms with Crippen molar-refractivity contribution in [3.63, 3.8) is 0 Å². The maximum absolute atomic E-state index is 12.4. The number of nitrogens with zero attached hydrogens (tertiary/aromatic N) is 4. The fraction of sp³-hybridized carbons (Fsp3) is 0.417. The van der Waals surface area contributed by atoms with Crippen molar-refractivity contribution in [1.29, 1.82) is 0 Å². The van der Waals surface area contributed by atoms with E-state index in [2.05, 4.69) is 9.97 Å². The molecule has 0 saturated heterocycles. The SMILES string of the molecule is Cc1ncsc1CN(C)C(=O)c1sc(N(C)C)nc1N. The van der Waals surface area contributed by atoms with E-state index in [9.17, 15) is 4.79 Å². The maximum atomic E-state index is 12.4. The molecule has 0 aliphatic heterocycles. The second-order valence-corrected chi connectivity index (χ2v) is 6.54. The second kappa shape index (κ2) is 5.76. The molecule has 2 aromatic heterocycles. The molecule has 0 aliphatic carbocycles. The van der Waals surface area contributed by atoms with E-state index >= 15 is 0 Å². The van der Waals surface area contributed by atoms with Gasteiger partial charge in [0, 0.05) is 26.0 Å². The van der Waals surface area contributed by atoms with Gasteiger partial charge < -0.3 is 15.5 Å². The number of carbonyl (C=O) groups is 1. The van der Waals surface area contributed by atoms with Crippen molar-refractivity contribution in [1.82, 2.24) is 14.9 Å². The summed E-state index contributed by atoms with van der Waals surface area (Å²) < 4.78 is 0. The van der Waals surface area contributed by atoms with Crippen LogP contribution in [-0.4, -0.2) is 41.9 Å². The quantitative estimate of drug-likeness (QED) is 0.932. The van der Waals surface area contributed by atoms with Crippen molar-refractivity contribution in [3.05, 3.63) is 21.0 Å². The zero-order valence-corrected chi connectivity index (χ0v) is 13.5. The van der Waals surface area contributed by atoms with Gasteiger partial charge in [0.05, 0.1) is 17.7 Å². The van der Waals surface area contributed by atoms with E-state index in [0.717, 1.165) is 15.7 Å². The number of aromatic nitrogens is 2. The topological polar surface area (TPSA) is 75.4 Å². The van der Waals surface area contributed by atoms with Crippen LogP contribution in [0, 0.1) is 6.92 Å². The van der Waals surface area contributed by atoms with Gasteiger partial charge in [0.25, 0.3) is 5.91 Å². The van der Waals surface area contributed by atoms with E-state index in [0.29, 0.717) is 11.4 Å². The van der Waals surface area contributed by atoms with Crippen LogP contribution in [0.3, 0.4) is 0 Å². The molecule has 2 N–H and O–H groups in total. The first-order valence-corrected chi connectivity index (χ1v) is 7.67. The predicted molar refractivity (Wildman–Crippen MR) is 83.5 cm³/mol. The lowest BCUT2D eigenvalue weighted by atomic mass is 10.3. The molecule has 20 heavy (non-hydrogen) atoms. The van der Waals surface area contributed by atoms with Crippen molar-refractivity contribution in [2.75, 3.05) is 31.8 Å². The number of carbonyl (C=O) groups excluding carboxylic acids is 1. The molecule has 2 rings (SSSR count). The van der Waals surface area contributed by atoms with Crippen LogP contribution in [-0.2, 0) is 6.54 Å². The largest absolute Gasteiger partial charge is 0.382 e. The molecule has 2 heterocycles. The predicted octanol–water partition coefficient (Wildman–Crippen LogP) is 1.83. The average molecular weight is 311 g/mol. The Hall–Kier alpha value is -1.67. The highest BCUT2D eigenvalue weighted by Gasteiger charge is 2.21. The van der Waals surface area contributed by atoms with Gasteiger partial charge in [-0.05, 0) is 6.92 Å². The number of nitrogen functional groups attached to an aromatic ring is 1. The van der Waals surface area contributed by atoms with Gasteiger partial charge in [0.1, 0.15) is 10.7 Å². The molecule has 0 aromatic carbocycles. The molecule has 0 unspecified atom stereocenters. The molecule has 0 aliphatic rings. The average Bonchev–Trinajstić information content (AvgIpc) is 2.95. The van der Waals surface area contributed by atoms with Crippen LogP contribution >= 0.6 is 22.7 Å². The molecular formula is C12H17N5OS2. The summed E-state index contributed by atoms with van der Waals surface area (Å²) in [5.74, 6) is 0.178. The molecule has 6 nitrogen and oxygen atoms in total. The molecule has 8 heteroatoms. The molecule has 0 radical (unpaired) electrons. The third-order valence-electron chi connectivity index (χ3n) is 2.79. The number of thiazole rings is 2. The number of nitrogens with two attached hydrogens (primary N) is 1. The fourth-order valence-corrected chi connectivity index (χ4v) is 3.34. The van der Waals surface area contributed by atoms with Crippen LogP contribution in [0.25, 0.3) is 0 Å². The number of aryl methyl sites for hydroxylation is 1. The first kappa shape index (κ1) is 14.7.